The number of benzene rings is 1. The molecule has 0 saturated heterocycles. The van der Waals surface area contributed by atoms with Gasteiger partial charge in [-0.05, 0) is 23.3 Å². The molecule has 20 heavy (non-hydrogen) atoms. The molecule has 6 heteroatoms. The van der Waals surface area contributed by atoms with Crippen LogP contribution < -0.4 is 10.0 Å². The topological polar surface area (TPSA) is 63.4 Å². The van der Waals surface area contributed by atoms with Crippen LogP contribution in [0.5, 0.6) is 0 Å². The summed E-state index contributed by atoms with van der Waals surface area (Å²) in [6.07, 6.45) is 0.517. The van der Waals surface area contributed by atoms with E-state index in [0.29, 0.717) is 18.2 Å². The average molecular weight is 314 g/mol. The van der Waals surface area contributed by atoms with Crippen LogP contribution in [-0.2, 0) is 16.4 Å². The molecule has 2 N–H and O–H groups in total. The van der Waals surface area contributed by atoms with Crippen LogP contribution in [0.2, 0.25) is 0 Å². The summed E-state index contributed by atoms with van der Waals surface area (Å²) in [6, 6.07) is 8.01. The number of hydrogen-bond donors (Lipinski definition) is 1. The zero-order valence-corrected chi connectivity index (χ0v) is 13.6. The predicted octanol–water partition coefficient (Wildman–Crippen LogP) is 1.85. The van der Waals surface area contributed by atoms with Gasteiger partial charge in [-0.2, -0.15) is 11.8 Å². The third kappa shape index (κ3) is 3.90. The van der Waals surface area contributed by atoms with Gasteiger partial charge < -0.3 is 4.90 Å². The highest BCUT2D eigenvalue weighted by Gasteiger charge is 2.30. The molecule has 4 nitrogen and oxygen atoms in total. The molecule has 0 amide bonds. The third-order valence-electron chi connectivity index (χ3n) is 3.48. The SMILES string of the molecule is CC(C)SCCN1C[C@H](S(N)(=O)=O)Cc2ccccc21. The minimum atomic E-state index is -3.49. The van der Waals surface area contributed by atoms with Crippen molar-refractivity contribution in [2.75, 3.05) is 23.7 Å². The highest BCUT2D eigenvalue weighted by atomic mass is 32.2. The van der Waals surface area contributed by atoms with Gasteiger partial charge in [-0.3, -0.25) is 0 Å². The Kier molecular flexibility index (Phi) is 4.99. The predicted molar refractivity (Wildman–Crippen MR) is 86.8 cm³/mol. The van der Waals surface area contributed by atoms with Gasteiger partial charge in [0.15, 0.2) is 0 Å². The summed E-state index contributed by atoms with van der Waals surface area (Å²) in [7, 11) is -3.49. The lowest BCUT2D eigenvalue weighted by Gasteiger charge is -2.35. The number of rotatable bonds is 5. The first-order valence-corrected chi connectivity index (χ1v) is 9.50. The smallest absolute Gasteiger partial charge is 0.214 e. The molecule has 2 rings (SSSR count). The maximum absolute atomic E-state index is 11.7. The fourth-order valence-electron chi connectivity index (χ4n) is 2.48. The second-order valence-electron chi connectivity index (χ2n) is 5.41. The quantitative estimate of drug-likeness (QED) is 0.901. The van der Waals surface area contributed by atoms with Crippen molar-refractivity contribution < 1.29 is 8.42 Å². The monoisotopic (exact) mass is 314 g/mol. The highest BCUT2D eigenvalue weighted by Crippen LogP contribution is 2.29. The summed E-state index contributed by atoms with van der Waals surface area (Å²) in [4.78, 5) is 2.16. The molecule has 0 bridgehead atoms. The largest absolute Gasteiger partial charge is 0.369 e. The number of anilines is 1. The summed E-state index contributed by atoms with van der Waals surface area (Å²) in [5.74, 6) is 0.989. The van der Waals surface area contributed by atoms with Gasteiger partial charge in [0.1, 0.15) is 0 Å². The molecule has 0 unspecified atom stereocenters. The molecule has 0 aromatic heterocycles. The Bertz CT molecular complexity index is 558. The molecule has 1 aliphatic heterocycles. The summed E-state index contributed by atoms with van der Waals surface area (Å²) in [5, 5.41) is 5.44. The van der Waals surface area contributed by atoms with Gasteiger partial charge in [0.05, 0.1) is 5.25 Å². The Morgan fingerprint density at radius 3 is 2.75 bits per heavy atom. The molecule has 0 aliphatic carbocycles. The number of nitrogens with two attached hydrogens (primary N) is 1. The minimum Gasteiger partial charge on any atom is -0.369 e. The van der Waals surface area contributed by atoms with E-state index in [0.717, 1.165) is 23.5 Å². The zero-order chi connectivity index (χ0) is 14.8. The number of primary sulfonamides is 1. The van der Waals surface area contributed by atoms with Gasteiger partial charge >= 0.3 is 0 Å². The summed E-state index contributed by atoms with van der Waals surface area (Å²) in [5.41, 5.74) is 2.23. The molecule has 0 radical (unpaired) electrons. The lowest BCUT2D eigenvalue weighted by atomic mass is 10.0. The van der Waals surface area contributed by atoms with E-state index in [1.165, 1.54) is 0 Å². The second kappa shape index (κ2) is 6.37. The number of sulfonamides is 1. The van der Waals surface area contributed by atoms with Crippen LogP contribution in [0.15, 0.2) is 24.3 Å². The van der Waals surface area contributed by atoms with Crippen molar-refractivity contribution in [2.45, 2.75) is 30.8 Å². The molecule has 0 saturated carbocycles. The first kappa shape index (κ1) is 15.7. The molecular weight excluding hydrogens is 292 g/mol. The van der Waals surface area contributed by atoms with Crippen molar-refractivity contribution in [1.29, 1.82) is 0 Å². The summed E-state index contributed by atoms with van der Waals surface area (Å²) in [6.45, 7) is 5.68. The Morgan fingerprint density at radius 2 is 2.10 bits per heavy atom. The van der Waals surface area contributed by atoms with Gasteiger partial charge in [-0.15, -0.1) is 0 Å². The normalized spacial score (nSPS) is 19.2. The Morgan fingerprint density at radius 1 is 1.40 bits per heavy atom. The fourth-order valence-corrected chi connectivity index (χ4v) is 4.07. The van der Waals surface area contributed by atoms with Crippen LogP contribution in [-0.4, -0.2) is 37.8 Å². The van der Waals surface area contributed by atoms with Crippen LogP contribution in [0.1, 0.15) is 19.4 Å². The second-order valence-corrected chi connectivity index (χ2v) is 8.94. The van der Waals surface area contributed by atoms with E-state index in [9.17, 15) is 8.42 Å². The Balaban J connectivity index is 2.17. The number of para-hydroxylation sites is 1. The van der Waals surface area contributed by atoms with E-state index >= 15 is 0 Å². The van der Waals surface area contributed by atoms with Crippen LogP contribution in [0.4, 0.5) is 5.69 Å². The van der Waals surface area contributed by atoms with Gasteiger partial charge in [0.2, 0.25) is 10.0 Å². The van der Waals surface area contributed by atoms with E-state index in [2.05, 4.69) is 24.8 Å². The number of nitrogens with zero attached hydrogens (tertiary/aromatic N) is 1. The molecule has 1 aromatic rings. The number of thioether (sulfide) groups is 1. The van der Waals surface area contributed by atoms with E-state index in [4.69, 9.17) is 5.14 Å². The van der Waals surface area contributed by atoms with E-state index < -0.39 is 15.3 Å². The van der Waals surface area contributed by atoms with Crippen molar-refractivity contribution in [2.24, 2.45) is 5.14 Å². The van der Waals surface area contributed by atoms with Gasteiger partial charge in [-0.25, -0.2) is 13.6 Å². The highest BCUT2D eigenvalue weighted by molar-refractivity contribution is 7.99. The van der Waals surface area contributed by atoms with Crippen LogP contribution in [0.25, 0.3) is 0 Å². The molecule has 0 spiro atoms. The average Bonchev–Trinajstić information content (AvgIpc) is 2.37. The van der Waals surface area contributed by atoms with Crippen molar-refractivity contribution in [3.8, 4) is 0 Å². The van der Waals surface area contributed by atoms with E-state index in [1.54, 1.807) is 0 Å². The van der Waals surface area contributed by atoms with Gasteiger partial charge in [0.25, 0.3) is 0 Å². The molecule has 1 heterocycles. The number of fused-ring (bicyclic) bond motifs is 1. The Labute approximate surface area is 125 Å². The van der Waals surface area contributed by atoms with Crippen LogP contribution in [0.3, 0.4) is 0 Å². The van der Waals surface area contributed by atoms with Crippen molar-refractivity contribution in [3.63, 3.8) is 0 Å². The maximum atomic E-state index is 11.7. The maximum Gasteiger partial charge on any atom is 0.214 e. The minimum absolute atomic E-state index is 0.495. The van der Waals surface area contributed by atoms with Crippen LogP contribution in [0, 0.1) is 0 Å². The lowest BCUT2D eigenvalue weighted by Crippen LogP contribution is -2.45. The van der Waals surface area contributed by atoms with Gasteiger partial charge in [-0.1, -0.05) is 32.0 Å². The standard InChI is InChI=1S/C14H22N2O2S2/c1-11(2)19-8-7-16-10-13(20(15,17)18)9-12-5-3-4-6-14(12)16/h3-6,11,13H,7-10H2,1-2H3,(H2,15,17,18)/t13-/m1/s1. The molecular formula is C14H22N2O2S2. The molecule has 1 aliphatic rings. The molecule has 1 aromatic carbocycles. The molecule has 0 fully saturated rings. The third-order valence-corrected chi connectivity index (χ3v) is 5.81. The first-order valence-electron chi connectivity index (χ1n) is 6.84. The van der Waals surface area contributed by atoms with Gasteiger partial charge in [0, 0.05) is 24.5 Å². The zero-order valence-electron chi connectivity index (χ0n) is 12.0. The van der Waals surface area contributed by atoms with E-state index in [-0.39, 0.29) is 0 Å². The van der Waals surface area contributed by atoms with Crippen molar-refractivity contribution in [1.82, 2.24) is 0 Å². The first-order chi connectivity index (χ1) is 9.38. The molecule has 112 valence electrons. The van der Waals surface area contributed by atoms with E-state index in [1.807, 2.05) is 30.0 Å². The number of hydrogen-bond acceptors (Lipinski definition) is 4. The Hall–Kier alpha value is -0.720. The summed E-state index contributed by atoms with van der Waals surface area (Å²) >= 11 is 1.89. The van der Waals surface area contributed by atoms with Crippen molar-refractivity contribution in [3.05, 3.63) is 29.8 Å². The lowest BCUT2D eigenvalue weighted by molar-refractivity contribution is 0.571. The van der Waals surface area contributed by atoms with Crippen LogP contribution >= 0.6 is 11.8 Å². The summed E-state index contributed by atoms with van der Waals surface area (Å²) < 4.78 is 23.3. The molecule has 1 atom stereocenters. The fraction of sp³-hybridized carbons (Fsp3) is 0.571. The van der Waals surface area contributed by atoms with Crippen molar-refractivity contribution >= 4 is 27.5 Å².